The molecule has 0 unspecified atom stereocenters. The van der Waals surface area contributed by atoms with Crippen LogP contribution in [0.25, 0.3) is 0 Å². The minimum Gasteiger partial charge on any atom is -0.207 e. The van der Waals surface area contributed by atoms with E-state index in [0.717, 1.165) is 12.8 Å². The van der Waals surface area contributed by atoms with Gasteiger partial charge in [0.05, 0.1) is 10.0 Å². The summed E-state index contributed by atoms with van der Waals surface area (Å²) >= 11 is 18.8. The first-order valence-electron chi connectivity index (χ1n) is 5.96. The van der Waals surface area contributed by atoms with Crippen molar-refractivity contribution in [3.05, 3.63) is 26.7 Å². The van der Waals surface area contributed by atoms with Gasteiger partial charge in [0.2, 0.25) is 10.0 Å². The molecule has 1 fully saturated rings. The van der Waals surface area contributed by atoms with Crippen LogP contribution in [-0.2, 0) is 10.0 Å². The van der Waals surface area contributed by atoms with Crippen molar-refractivity contribution in [2.45, 2.75) is 22.6 Å². The van der Waals surface area contributed by atoms with Crippen molar-refractivity contribution in [2.75, 3.05) is 13.6 Å². The number of sulfonamides is 1. The van der Waals surface area contributed by atoms with Crippen LogP contribution in [0.2, 0.25) is 10.0 Å². The van der Waals surface area contributed by atoms with Crippen LogP contribution >= 0.6 is 55.1 Å². The zero-order valence-electron chi connectivity index (χ0n) is 10.6. The van der Waals surface area contributed by atoms with Crippen LogP contribution in [0.3, 0.4) is 0 Å². The summed E-state index contributed by atoms with van der Waals surface area (Å²) in [6.45, 7) is 0.479. The topological polar surface area (TPSA) is 37.4 Å². The van der Waals surface area contributed by atoms with Crippen molar-refractivity contribution in [1.82, 2.24) is 4.31 Å². The molecule has 1 aliphatic rings. The molecule has 0 N–H and O–H groups in total. The Balaban J connectivity index is 2.26. The van der Waals surface area contributed by atoms with E-state index in [0.29, 0.717) is 21.8 Å². The smallest absolute Gasteiger partial charge is 0.207 e. The van der Waals surface area contributed by atoms with Gasteiger partial charge in [0.25, 0.3) is 0 Å². The van der Waals surface area contributed by atoms with Crippen LogP contribution in [0.5, 0.6) is 0 Å². The third-order valence-corrected chi connectivity index (χ3v) is 7.28. The van der Waals surface area contributed by atoms with Gasteiger partial charge in [0, 0.05) is 22.9 Å². The summed E-state index contributed by atoms with van der Waals surface area (Å²) in [5, 5.41) is 0.256. The molecule has 8 heteroatoms. The van der Waals surface area contributed by atoms with Crippen LogP contribution in [-0.4, -0.2) is 31.1 Å². The molecule has 0 amide bonds. The molecule has 3 nitrogen and oxygen atoms in total. The molecule has 2 rings (SSSR count). The second-order valence-electron chi connectivity index (χ2n) is 4.92. The molecule has 0 aromatic heterocycles. The molecule has 0 spiro atoms. The second kappa shape index (κ2) is 6.42. The quantitative estimate of drug-likeness (QED) is 0.612. The van der Waals surface area contributed by atoms with E-state index in [-0.39, 0.29) is 14.9 Å². The fraction of sp³-hybridized carbons (Fsp3) is 0.500. The number of alkyl halides is 1. The van der Waals surface area contributed by atoms with Crippen molar-refractivity contribution >= 4 is 65.1 Å². The van der Waals surface area contributed by atoms with Crippen LogP contribution in [0.15, 0.2) is 21.5 Å². The van der Waals surface area contributed by atoms with Crippen molar-refractivity contribution < 1.29 is 8.42 Å². The lowest BCUT2D eigenvalue weighted by Crippen LogP contribution is -2.37. The van der Waals surface area contributed by atoms with Gasteiger partial charge in [-0.15, -0.1) is 0 Å². The molecular weight excluding hydrogens is 453 g/mol. The Morgan fingerprint density at radius 2 is 1.80 bits per heavy atom. The summed E-state index contributed by atoms with van der Waals surface area (Å²) in [7, 11) is -2.11. The fourth-order valence-corrected chi connectivity index (χ4v) is 6.38. The van der Waals surface area contributed by atoms with E-state index < -0.39 is 10.0 Å². The van der Waals surface area contributed by atoms with E-state index in [1.54, 1.807) is 7.05 Å². The van der Waals surface area contributed by atoms with Crippen molar-refractivity contribution in [3.63, 3.8) is 0 Å². The summed E-state index contributed by atoms with van der Waals surface area (Å²) in [6.07, 6.45) is 1.98. The first-order chi connectivity index (χ1) is 9.21. The fourth-order valence-electron chi connectivity index (χ4n) is 2.20. The van der Waals surface area contributed by atoms with Gasteiger partial charge in [-0.2, -0.15) is 0 Å². The molecule has 1 aromatic carbocycles. The van der Waals surface area contributed by atoms with Gasteiger partial charge in [-0.3, -0.25) is 0 Å². The molecule has 0 heterocycles. The highest BCUT2D eigenvalue weighted by Gasteiger charge is 2.33. The molecule has 0 saturated heterocycles. The molecule has 1 saturated carbocycles. The number of rotatable bonds is 4. The van der Waals surface area contributed by atoms with Crippen molar-refractivity contribution in [3.8, 4) is 0 Å². The summed E-state index contributed by atoms with van der Waals surface area (Å²) in [5.74, 6) is 0.382. The maximum absolute atomic E-state index is 12.6. The van der Waals surface area contributed by atoms with Gasteiger partial charge in [0.1, 0.15) is 4.90 Å². The average Bonchev–Trinajstić information content (AvgIpc) is 2.24. The number of hydrogen-bond acceptors (Lipinski definition) is 2. The maximum Gasteiger partial charge on any atom is 0.245 e. The lowest BCUT2D eigenvalue weighted by atomic mass is 9.85. The van der Waals surface area contributed by atoms with E-state index in [2.05, 4.69) is 31.9 Å². The number of hydrogen-bond donors (Lipinski definition) is 0. The molecule has 1 aromatic rings. The van der Waals surface area contributed by atoms with Crippen molar-refractivity contribution in [1.29, 1.82) is 0 Å². The van der Waals surface area contributed by atoms with Gasteiger partial charge in [-0.1, -0.05) is 55.1 Å². The Morgan fingerprint density at radius 3 is 2.25 bits per heavy atom. The molecule has 0 atom stereocenters. The molecule has 0 bridgehead atoms. The highest BCUT2D eigenvalue weighted by Crippen LogP contribution is 2.37. The molecule has 0 aliphatic heterocycles. The summed E-state index contributed by atoms with van der Waals surface area (Å²) in [5.41, 5.74) is 0. The Bertz CT molecular complexity index is 595. The molecule has 1 aliphatic carbocycles. The number of benzene rings is 1. The monoisotopic (exact) mass is 463 g/mol. The first-order valence-corrected chi connectivity index (χ1v) is 9.87. The van der Waals surface area contributed by atoms with E-state index in [1.165, 1.54) is 16.4 Å². The predicted octanol–water partition coefficient (Wildman–Crippen LogP) is 4.55. The van der Waals surface area contributed by atoms with Gasteiger partial charge < -0.3 is 0 Å². The van der Waals surface area contributed by atoms with Crippen LogP contribution < -0.4 is 0 Å². The average molecular weight is 466 g/mol. The van der Waals surface area contributed by atoms with Gasteiger partial charge in [-0.05, 0) is 30.9 Å². The molecular formula is C12H13Br2Cl2NO2S. The lowest BCUT2D eigenvalue weighted by Gasteiger charge is -2.34. The van der Waals surface area contributed by atoms with Crippen molar-refractivity contribution in [2.24, 2.45) is 5.92 Å². The maximum atomic E-state index is 12.6. The van der Waals surface area contributed by atoms with Crippen LogP contribution in [0, 0.1) is 5.92 Å². The highest BCUT2D eigenvalue weighted by molar-refractivity contribution is 9.10. The molecule has 20 heavy (non-hydrogen) atoms. The van der Waals surface area contributed by atoms with Gasteiger partial charge >= 0.3 is 0 Å². The Kier molecular flexibility index (Phi) is 5.47. The Labute approximate surface area is 145 Å². The normalized spacial score (nSPS) is 22.9. The Morgan fingerprint density at radius 1 is 1.30 bits per heavy atom. The molecule has 0 radical (unpaired) electrons. The molecule has 112 valence electrons. The first kappa shape index (κ1) is 17.0. The summed E-state index contributed by atoms with van der Waals surface area (Å²) in [6, 6.07) is 3.07. The van der Waals surface area contributed by atoms with E-state index in [1.807, 2.05) is 0 Å². The Hall–Kier alpha value is 0.670. The van der Waals surface area contributed by atoms with Crippen LogP contribution in [0.4, 0.5) is 0 Å². The standard InChI is InChI=1S/C12H13Br2Cl2NO2S/c1-17(6-7-2-8(13)3-7)20(18,19)12-10(15)4-9(14)5-11(12)16/h4-5,7-8H,2-3,6H2,1H3. The minimum atomic E-state index is -3.67. The largest absolute Gasteiger partial charge is 0.245 e. The third kappa shape index (κ3) is 3.52. The summed E-state index contributed by atoms with van der Waals surface area (Å²) in [4.78, 5) is 0.477. The van der Waals surface area contributed by atoms with E-state index >= 15 is 0 Å². The van der Waals surface area contributed by atoms with E-state index in [9.17, 15) is 8.42 Å². The van der Waals surface area contributed by atoms with Crippen LogP contribution in [0.1, 0.15) is 12.8 Å². The lowest BCUT2D eigenvalue weighted by molar-refractivity contribution is 0.275. The number of nitrogens with zero attached hydrogens (tertiary/aromatic N) is 1. The van der Waals surface area contributed by atoms with Gasteiger partial charge in [0.15, 0.2) is 0 Å². The van der Waals surface area contributed by atoms with E-state index in [4.69, 9.17) is 23.2 Å². The third-order valence-electron chi connectivity index (χ3n) is 3.32. The summed E-state index contributed by atoms with van der Waals surface area (Å²) < 4.78 is 27.1. The minimum absolute atomic E-state index is 0.0266. The zero-order chi connectivity index (χ0) is 15.1. The van der Waals surface area contributed by atoms with Gasteiger partial charge in [-0.25, -0.2) is 12.7 Å². The zero-order valence-corrected chi connectivity index (χ0v) is 16.1. The second-order valence-corrected chi connectivity index (χ2v) is 9.93. The predicted molar refractivity (Wildman–Crippen MR) is 89.4 cm³/mol. The SMILES string of the molecule is CN(CC1CC(Br)C1)S(=O)(=O)c1c(Cl)cc(Br)cc1Cl. The highest BCUT2D eigenvalue weighted by atomic mass is 79.9. The number of halogens is 4.